The zero-order valence-electron chi connectivity index (χ0n) is 13.2. The molecule has 0 bridgehead atoms. The van der Waals surface area contributed by atoms with Crippen molar-refractivity contribution in [3.8, 4) is 0 Å². The predicted octanol–water partition coefficient (Wildman–Crippen LogP) is 2.00. The van der Waals surface area contributed by atoms with Crippen LogP contribution < -0.4 is 10.6 Å². The maximum absolute atomic E-state index is 11.9. The number of ether oxygens (including phenoxy) is 1. The Morgan fingerprint density at radius 3 is 2.83 bits per heavy atom. The minimum absolute atomic E-state index is 0.139. The quantitative estimate of drug-likeness (QED) is 0.764. The van der Waals surface area contributed by atoms with E-state index in [0.717, 1.165) is 6.42 Å². The summed E-state index contributed by atoms with van der Waals surface area (Å²) in [5.74, 6) is 0.361. The topological polar surface area (TPSA) is 70.6 Å². The van der Waals surface area contributed by atoms with E-state index in [-0.39, 0.29) is 24.7 Å². The molecule has 2 aromatic rings. The summed E-state index contributed by atoms with van der Waals surface area (Å²) in [6, 6.07) is 14.2. The van der Waals surface area contributed by atoms with Gasteiger partial charge in [0.05, 0.1) is 19.3 Å². The summed E-state index contributed by atoms with van der Waals surface area (Å²) in [4.78, 5) is 11.9. The van der Waals surface area contributed by atoms with Gasteiger partial charge in [0.2, 0.25) is 0 Å². The molecule has 5 nitrogen and oxygen atoms in total. The maximum atomic E-state index is 11.9. The minimum Gasteiger partial charge on any atom is -0.394 e. The van der Waals surface area contributed by atoms with Crippen LogP contribution in [0.15, 0.2) is 42.5 Å². The number of benzene rings is 2. The van der Waals surface area contributed by atoms with Crippen LogP contribution in [0.3, 0.4) is 0 Å². The van der Waals surface area contributed by atoms with Gasteiger partial charge in [0.1, 0.15) is 0 Å². The molecule has 1 saturated carbocycles. The lowest BCUT2D eigenvalue weighted by atomic mass is 10.0. The zero-order chi connectivity index (χ0) is 16.2. The first-order valence-corrected chi connectivity index (χ1v) is 7.87. The lowest BCUT2D eigenvalue weighted by Crippen LogP contribution is -2.46. The summed E-state index contributed by atoms with van der Waals surface area (Å²) >= 11 is 0. The molecule has 3 rings (SSSR count). The summed E-state index contributed by atoms with van der Waals surface area (Å²) in [5, 5.41) is 17.3. The van der Waals surface area contributed by atoms with Gasteiger partial charge in [-0.1, -0.05) is 42.5 Å². The Bertz CT molecular complexity index is 689. The van der Waals surface area contributed by atoms with E-state index < -0.39 is 0 Å². The van der Waals surface area contributed by atoms with Gasteiger partial charge in [-0.25, -0.2) is 4.79 Å². The van der Waals surface area contributed by atoms with Crippen LogP contribution in [0.25, 0.3) is 10.8 Å². The lowest BCUT2D eigenvalue weighted by Gasteiger charge is -2.15. The largest absolute Gasteiger partial charge is 0.394 e. The third-order valence-electron chi connectivity index (χ3n) is 4.23. The second kappa shape index (κ2) is 6.98. The second-order valence-electron chi connectivity index (χ2n) is 6.01. The number of aliphatic hydroxyl groups is 1. The number of amides is 2. The highest BCUT2D eigenvalue weighted by Gasteiger charge is 2.39. The average Bonchev–Trinajstić information content (AvgIpc) is 3.33. The van der Waals surface area contributed by atoms with E-state index in [4.69, 9.17) is 9.84 Å². The van der Waals surface area contributed by atoms with Crippen LogP contribution in [-0.4, -0.2) is 43.5 Å². The van der Waals surface area contributed by atoms with Gasteiger partial charge < -0.3 is 20.5 Å². The normalized spacial score (nSPS) is 21.0. The zero-order valence-corrected chi connectivity index (χ0v) is 13.2. The summed E-state index contributed by atoms with van der Waals surface area (Å²) in [5.41, 5.74) is 1.25. The van der Waals surface area contributed by atoms with Crippen molar-refractivity contribution in [1.29, 1.82) is 0 Å². The fourth-order valence-electron chi connectivity index (χ4n) is 2.90. The Labute approximate surface area is 135 Å². The third kappa shape index (κ3) is 3.81. The summed E-state index contributed by atoms with van der Waals surface area (Å²) in [6.07, 6.45) is 0.944. The highest BCUT2D eigenvalue weighted by molar-refractivity contribution is 5.83. The number of urea groups is 1. The highest BCUT2D eigenvalue weighted by atomic mass is 16.5. The van der Waals surface area contributed by atoms with Gasteiger partial charge in [-0.3, -0.25) is 0 Å². The number of fused-ring (bicyclic) bond motifs is 1. The van der Waals surface area contributed by atoms with Crippen molar-refractivity contribution in [3.63, 3.8) is 0 Å². The molecule has 1 aliphatic carbocycles. The molecule has 0 aromatic heterocycles. The smallest absolute Gasteiger partial charge is 0.315 e. The van der Waals surface area contributed by atoms with E-state index in [1.807, 2.05) is 12.1 Å². The van der Waals surface area contributed by atoms with Crippen molar-refractivity contribution >= 4 is 16.8 Å². The van der Waals surface area contributed by atoms with Crippen molar-refractivity contribution in [2.24, 2.45) is 0 Å². The van der Waals surface area contributed by atoms with Crippen molar-refractivity contribution in [1.82, 2.24) is 10.6 Å². The second-order valence-corrected chi connectivity index (χ2v) is 6.01. The van der Waals surface area contributed by atoms with Crippen molar-refractivity contribution in [2.75, 3.05) is 20.3 Å². The van der Waals surface area contributed by atoms with Gasteiger partial charge in [0, 0.05) is 19.1 Å². The van der Waals surface area contributed by atoms with E-state index in [2.05, 4.69) is 41.0 Å². The SMILES string of the molecule is COC[C@H](CO)NC(=O)N[C@@H]1C[C@H]1c1ccc2ccccc2c1. The van der Waals surface area contributed by atoms with E-state index in [1.165, 1.54) is 16.3 Å². The van der Waals surface area contributed by atoms with Crippen molar-refractivity contribution in [3.05, 3.63) is 48.0 Å². The Morgan fingerprint density at radius 2 is 2.09 bits per heavy atom. The molecule has 2 aromatic carbocycles. The number of carbonyl (C=O) groups excluding carboxylic acids is 1. The standard InChI is InChI=1S/C18H22N2O3/c1-23-11-15(10-21)19-18(22)20-17-9-16(17)14-7-6-12-4-2-3-5-13(12)8-14/h2-8,15-17,21H,9-11H2,1H3,(H2,19,20,22)/t15-,16-,17+/m0/s1. The molecule has 0 unspecified atom stereocenters. The number of hydrogen-bond acceptors (Lipinski definition) is 3. The molecule has 0 saturated heterocycles. The molecule has 0 radical (unpaired) electrons. The van der Waals surface area contributed by atoms with E-state index in [1.54, 1.807) is 7.11 Å². The number of aliphatic hydroxyl groups excluding tert-OH is 1. The summed E-state index contributed by atoms with van der Waals surface area (Å²) < 4.78 is 4.95. The first kappa shape index (κ1) is 15.8. The number of hydrogen-bond donors (Lipinski definition) is 3. The van der Waals surface area contributed by atoms with E-state index in [9.17, 15) is 4.79 Å². The third-order valence-corrected chi connectivity index (χ3v) is 4.23. The molecule has 3 N–H and O–H groups in total. The molecule has 23 heavy (non-hydrogen) atoms. The van der Waals surface area contributed by atoms with Gasteiger partial charge in [-0.15, -0.1) is 0 Å². The Balaban J connectivity index is 1.57. The van der Waals surface area contributed by atoms with Gasteiger partial charge in [-0.05, 0) is 22.8 Å². The molecular weight excluding hydrogens is 292 g/mol. The van der Waals surface area contributed by atoms with Crippen LogP contribution in [0.2, 0.25) is 0 Å². The van der Waals surface area contributed by atoms with Gasteiger partial charge >= 0.3 is 6.03 Å². The molecule has 5 heteroatoms. The maximum Gasteiger partial charge on any atom is 0.315 e. The molecule has 1 aliphatic rings. The molecule has 0 spiro atoms. The molecule has 122 valence electrons. The summed E-state index contributed by atoms with van der Waals surface area (Å²) in [7, 11) is 1.54. The molecule has 3 atom stereocenters. The molecule has 0 aliphatic heterocycles. The van der Waals surface area contributed by atoms with E-state index in [0.29, 0.717) is 12.5 Å². The Hall–Kier alpha value is -2.11. The van der Waals surface area contributed by atoms with E-state index >= 15 is 0 Å². The van der Waals surface area contributed by atoms with Crippen LogP contribution >= 0.6 is 0 Å². The van der Waals surface area contributed by atoms with Crippen molar-refractivity contribution < 1.29 is 14.6 Å². The fourth-order valence-corrected chi connectivity index (χ4v) is 2.90. The number of methoxy groups -OCH3 is 1. The van der Waals surface area contributed by atoms with Gasteiger partial charge in [0.25, 0.3) is 0 Å². The monoisotopic (exact) mass is 314 g/mol. The van der Waals surface area contributed by atoms with Gasteiger partial charge in [0.15, 0.2) is 0 Å². The van der Waals surface area contributed by atoms with Crippen LogP contribution in [-0.2, 0) is 4.74 Å². The highest BCUT2D eigenvalue weighted by Crippen LogP contribution is 2.41. The number of rotatable bonds is 6. The van der Waals surface area contributed by atoms with Gasteiger partial charge in [-0.2, -0.15) is 0 Å². The first-order chi connectivity index (χ1) is 11.2. The number of carbonyl (C=O) groups is 1. The van der Waals surface area contributed by atoms with Crippen LogP contribution in [0.1, 0.15) is 17.9 Å². The van der Waals surface area contributed by atoms with Crippen molar-refractivity contribution in [2.45, 2.75) is 24.4 Å². The minimum atomic E-state index is -0.377. The Morgan fingerprint density at radius 1 is 1.30 bits per heavy atom. The average molecular weight is 314 g/mol. The van der Waals surface area contributed by atoms with Crippen LogP contribution in [0, 0.1) is 0 Å². The molecule has 1 fully saturated rings. The number of nitrogens with one attached hydrogen (secondary N) is 2. The molecule has 2 amide bonds. The predicted molar refractivity (Wildman–Crippen MR) is 89.5 cm³/mol. The first-order valence-electron chi connectivity index (χ1n) is 7.87. The lowest BCUT2D eigenvalue weighted by molar-refractivity contribution is 0.130. The fraction of sp³-hybridized carbons (Fsp3) is 0.389. The molecule has 0 heterocycles. The van der Waals surface area contributed by atoms with Crippen LogP contribution in [0.5, 0.6) is 0 Å². The van der Waals surface area contributed by atoms with Crippen LogP contribution in [0.4, 0.5) is 4.79 Å². The Kier molecular flexibility index (Phi) is 4.79. The summed E-state index contributed by atoms with van der Waals surface area (Å²) in [6.45, 7) is 0.155. The molecular formula is C18H22N2O3.